The third kappa shape index (κ3) is 3.89. The standard InChI is InChI=1S/C18H22N4O2/c19-17(23)18(7-10-24-11-8-18)13-21-15-6-9-20-16(22-15)12-14-4-2-1-3-5-14/h1-6,9H,7-8,10-13H2,(H2,19,23)(H,20,21,22). The second kappa shape index (κ2) is 7.40. The summed E-state index contributed by atoms with van der Waals surface area (Å²) in [5, 5.41) is 3.26. The van der Waals surface area contributed by atoms with Crippen LogP contribution in [-0.4, -0.2) is 35.6 Å². The molecule has 1 fully saturated rings. The van der Waals surface area contributed by atoms with Crippen molar-refractivity contribution < 1.29 is 9.53 Å². The van der Waals surface area contributed by atoms with Crippen molar-refractivity contribution in [3.8, 4) is 0 Å². The maximum atomic E-state index is 11.9. The van der Waals surface area contributed by atoms with Crippen molar-refractivity contribution in [3.05, 3.63) is 54.0 Å². The number of nitrogens with zero attached hydrogens (tertiary/aromatic N) is 2. The van der Waals surface area contributed by atoms with Crippen LogP contribution in [0, 0.1) is 5.41 Å². The van der Waals surface area contributed by atoms with Gasteiger partial charge in [0.15, 0.2) is 0 Å². The van der Waals surface area contributed by atoms with E-state index >= 15 is 0 Å². The first-order valence-electron chi connectivity index (χ1n) is 8.15. The van der Waals surface area contributed by atoms with E-state index in [9.17, 15) is 4.79 Å². The molecule has 2 heterocycles. The summed E-state index contributed by atoms with van der Waals surface area (Å²) in [6, 6.07) is 11.9. The fourth-order valence-electron chi connectivity index (χ4n) is 2.89. The van der Waals surface area contributed by atoms with Crippen LogP contribution in [0.25, 0.3) is 0 Å². The van der Waals surface area contributed by atoms with E-state index in [4.69, 9.17) is 10.5 Å². The van der Waals surface area contributed by atoms with Crippen molar-refractivity contribution in [3.63, 3.8) is 0 Å². The average molecular weight is 326 g/mol. The summed E-state index contributed by atoms with van der Waals surface area (Å²) in [5.74, 6) is 1.17. The van der Waals surface area contributed by atoms with Crippen molar-refractivity contribution in [1.29, 1.82) is 0 Å². The molecule has 0 saturated carbocycles. The van der Waals surface area contributed by atoms with Gasteiger partial charge in [-0.15, -0.1) is 0 Å². The number of carbonyl (C=O) groups is 1. The number of benzene rings is 1. The molecule has 24 heavy (non-hydrogen) atoms. The number of ether oxygens (including phenoxy) is 1. The van der Waals surface area contributed by atoms with E-state index in [0.717, 1.165) is 11.4 Å². The van der Waals surface area contributed by atoms with Crippen molar-refractivity contribution in [2.45, 2.75) is 19.3 Å². The molecular weight excluding hydrogens is 304 g/mol. The van der Waals surface area contributed by atoms with Crippen molar-refractivity contribution in [2.24, 2.45) is 11.1 Å². The van der Waals surface area contributed by atoms with E-state index in [1.807, 2.05) is 36.4 Å². The lowest BCUT2D eigenvalue weighted by molar-refractivity contribution is -0.132. The van der Waals surface area contributed by atoms with Gasteiger partial charge in [-0.3, -0.25) is 4.79 Å². The molecule has 1 aromatic heterocycles. The van der Waals surface area contributed by atoms with Crippen molar-refractivity contribution in [2.75, 3.05) is 25.1 Å². The predicted molar refractivity (Wildman–Crippen MR) is 91.5 cm³/mol. The predicted octanol–water partition coefficient (Wildman–Crippen LogP) is 1.76. The van der Waals surface area contributed by atoms with Gasteiger partial charge in [0.05, 0.1) is 5.41 Å². The van der Waals surface area contributed by atoms with Gasteiger partial charge in [0.25, 0.3) is 0 Å². The van der Waals surface area contributed by atoms with Crippen LogP contribution in [0.4, 0.5) is 5.82 Å². The number of anilines is 1. The van der Waals surface area contributed by atoms with E-state index in [1.165, 1.54) is 0 Å². The first-order valence-corrected chi connectivity index (χ1v) is 8.15. The Balaban J connectivity index is 1.67. The summed E-state index contributed by atoms with van der Waals surface area (Å²) >= 11 is 0. The summed E-state index contributed by atoms with van der Waals surface area (Å²) < 4.78 is 5.35. The fraction of sp³-hybridized carbons (Fsp3) is 0.389. The minimum atomic E-state index is -0.567. The molecule has 0 spiro atoms. The normalized spacial score (nSPS) is 16.5. The third-order valence-corrected chi connectivity index (χ3v) is 4.49. The zero-order valence-corrected chi connectivity index (χ0v) is 13.6. The molecule has 1 saturated heterocycles. The first-order chi connectivity index (χ1) is 11.7. The minimum Gasteiger partial charge on any atom is -0.381 e. The SMILES string of the molecule is NC(=O)C1(CNc2ccnc(Cc3ccccc3)n2)CCOCC1. The summed E-state index contributed by atoms with van der Waals surface area (Å²) in [6.07, 6.45) is 3.67. The highest BCUT2D eigenvalue weighted by molar-refractivity contribution is 5.81. The average Bonchev–Trinajstić information content (AvgIpc) is 2.62. The smallest absolute Gasteiger partial charge is 0.225 e. The highest BCUT2D eigenvalue weighted by Crippen LogP contribution is 2.30. The highest BCUT2D eigenvalue weighted by atomic mass is 16.5. The lowest BCUT2D eigenvalue weighted by atomic mass is 9.79. The Morgan fingerprint density at radius 1 is 1.21 bits per heavy atom. The van der Waals surface area contributed by atoms with Crippen molar-refractivity contribution in [1.82, 2.24) is 9.97 Å². The molecule has 1 aliphatic heterocycles. The molecule has 6 heteroatoms. The number of rotatable bonds is 6. The summed E-state index contributed by atoms with van der Waals surface area (Å²) in [5.41, 5.74) is 6.22. The van der Waals surface area contributed by atoms with Crippen LogP contribution in [-0.2, 0) is 16.0 Å². The molecule has 0 bridgehead atoms. The molecule has 3 N–H and O–H groups in total. The van der Waals surface area contributed by atoms with E-state index in [-0.39, 0.29) is 5.91 Å². The Morgan fingerprint density at radius 3 is 2.67 bits per heavy atom. The first kappa shape index (κ1) is 16.4. The van der Waals surface area contributed by atoms with Crippen molar-refractivity contribution >= 4 is 11.7 Å². The largest absolute Gasteiger partial charge is 0.381 e. The minimum absolute atomic E-state index is 0.281. The molecule has 0 unspecified atom stereocenters. The molecule has 1 aromatic carbocycles. The monoisotopic (exact) mass is 326 g/mol. The molecule has 2 aromatic rings. The number of primary amides is 1. The Labute approximate surface area is 141 Å². The second-order valence-corrected chi connectivity index (χ2v) is 6.13. The van der Waals surface area contributed by atoms with E-state index in [1.54, 1.807) is 6.20 Å². The molecule has 126 valence electrons. The van der Waals surface area contributed by atoms with Gasteiger partial charge >= 0.3 is 0 Å². The number of amides is 1. The van der Waals surface area contributed by atoms with Crippen LogP contribution >= 0.6 is 0 Å². The van der Waals surface area contributed by atoms with Gasteiger partial charge in [-0.05, 0) is 24.5 Å². The number of nitrogens with one attached hydrogen (secondary N) is 1. The molecule has 0 atom stereocenters. The Hall–Kier alpha value is -2.47. The number of hydrogen-bond donors (Lipinski definition) is 2. The molecule has 3 rings (SSSR count). The van der Waals surface area contributed by atoms with Gasteiger partial charge in [0.1, 0.15) is 11.6 Å². The number of hydrogen-bond acceptors (Lipinski definition) is 5. The summed E-state index contributed by atoms with van der Waals surface area (Å²) in [6.45, 7) is 1.59. The van der Waals surface area contributed by atoms with Crippen LogP contribution in [0.15, 0.2) is 42.6 Å². The fourth-order valence-corrected chi connectivity index (χ4v) is 2.89. The van der Waals surface area contributed by atoms with Crippen LogP contribution < -0.4 is 11.1 Å². The van der Waals surface area contributed by atoms with E-state index in [0.29, 0.717) is 44.8 Å². The summed E-state index contributed by atoms with van der Waals surface area (Å²) in [7, 11) is 0. The topological polar surface area (TPSA) is 90.1 Å². The van der Waals surface area contributed by atoms with Gasteiger partial charge < -0.3 is 15.8 Å². The molecule has 1 amide bonds. The van der Waals surface area contributed by atoms with Crippen LogP contribution in [0.5, 0.6) is 0 Å². The van der Waals surface area contributed by atoms with Gasteiger partial charge in [0, 0.05) is 32.4 Å². The van der Waals surface area contributed by atoms with E-state index in [2.05, 4.69) is 15.3 Å². The number of carbonyl (C=O) groups excluding carboxylic acids is 1. The Morgan fingerprint density at radius 2 is 1.96 bits per heavy atom. The quantitative estimate of drug-likeness (QED) is 0.844. The highest BCUT2D eigenvalue weighted by Gasteiger charge is 2.38. The number of nitrogens with two attached hydrogens (primary N) is 1. The molecule has 1 aliphatic rings. The van der Waals surface area contributed by atoms with Gasteiger partial charge in [-0.1, -0.05) is 30.3 Å². The third-order valence-electron chi connectivity index (χ3n) is 4.49. The van der Waals surface area contributed by atoms with Crippen LogP contribution in [0.2, 0.25) is 0 Å². The molecule has 0 radical (unpaired) electrons. The molecule has 6 nitrogen and oxygen atoms in total. The van der Waals surface area contributed by atoms with E-state index < -0.39 is 5.41 Å². The number of aromatic nitrogens is 2. The Kier molecular flexibility index (Phi) is 5.05. The summed E-state index contributed by atoms with van der Waals surface area (Å²) in [4.78, 5) is 20.8. The maximum Gasteiger partial charge on any atom is 0.225 e. The molecular formula is C18H22N4O2. The van der Waals surface area contributed by atoms with Crippen LogP contribution in [0.1, 0.15) is 24.2 Å². The van der Waals surface area contributed by atoms with Gasteiger partial charge in [0.2, 0.25) is 5.91 Å². The zero-order chi connectivity index (χ0) is 16.8. The van der Waals surface area contributed by atoms with Gasteiger partial charge in [-0.2, -0.15) is 0 Å². The lowest BCUT2D eigenvalue weighted by Gasteiger charge is -2.34. The Bertz CT molecular complexity index is 684. The van der Waals surface area contributed by atoms with Gasteiger partial charge in [-0.25, -0.2) is 9.97 Å². The molecule has 0 aliphatic carbocycles. The second-order valence-electron chi connectivity index (χ2n) is 6.13. The van der Waals surface area contributed by atoms with Crippen LogP contribution in [0.3, 0.4) is 0 Å². The maximum absolute atomic E-state index is 11.9. The lowest BCUT2D eigenvalue weighted by Crippen LogP contribution is -2.46. The zero-order valence-electron chi connectivity index (χ0n) is 13.6.